The highest BCUT2D eigenvalue weighted by Gasteiger charge is 2.16. The summed E-state index contributed by atoms with van der Waals surface area (Å²) in [5.74, 6) is -0.217. The number of aromatic hydroxyl groups is 2. The van der Waals surface area contributed by atoms with E-state index in [1.807, 2.05) is 6.92 Å². The standard InChI is InChI=1S/C19H24O6/c1-11(13-5-16(9-22)19(25)17(6-13)10-23)2-12-3-14(7-20)18(24)15(4-12)8-21/h3-6,11,20-25H,2,7-10H2,1H3. The maximum atomic E-state index is 9.95. The van der Waals surface area contributed by atoms with Crippen molar-refractivity contribution in [3.63, 3.8) is 0 Å². The van der Waals surface area contributed by atoms with Crippen molar-refractivity contribution in [3.05, 3.63) is 57.6 Å². The topological polar surface area (TPSA) is 121 Å². The minimum absolute atomic E-state index is 0.0150. The molecule has 0 saturated heterocycles. The van der Waals surface area contributed by atoms with Crippen LogP contribution in [-0.2, 0) is 32.8 Å². The van der Waals surface area contributed by atoms with Crippen LogP contribution >= 0.6 is 0 Å². The smallest absolute Gasteiger partial charge is 0.126 e. The molecule has 1 unspecified atom stereocenters. The van der Waals surface area contributed by atoms with Gasteiger partial charge in [0.2, 0.25) is 0 Å². The molecule has 0 aromatic heterocycles. The summed E-state index contributed by atoms with van der Waals surface area (Å²) >= 11 is 0. The maximum absolute atomic E-state index is 9.95. The van der Waals surface area contributed by atoms with Gasteiger partial charge < -0.3 is 30.6 Å². The number of benzene rings is 2. The lowest BCUT2D eigenvalue weighted by Crippen LogP contribution is -2.04. The molecular weight excluding hydrogens is 324 g/mol. The highest BCUT2D eigenvalue weighted by Crippen LogP contribution is 2.32. The molecule has 0 amide bonds. The van der Waals surface area contributed by atoms with Gasteiger partial charge in [-0.05, 0) is 47.7 Å². The first-order chi connectivity index (χ1) is 11.9. The van der Waals surface area contributed by atoms with Gasteiger partial charge in [0.1, 0.15) is 11.5 Å². The summed E-state index contributed by atoms with van der Waals surface area (Å²) in [4.78, 5) is 0. The largest absolute Gasteiger partial charge is 0.507 e. The third kappa shape index (κ3) is 4.11. The van der Waals surface area contributed by atoms with Gasteiger partial charge in [-0.25, -0.2) is 0 Å². The Morgan fingerprint density at radius 3 is 1.40 bits per heavy atom. The summed E-state index contributed by atoms with van der Waals surface area (Å²) in [6.45, 7) is 0.635. The van der Waals surface area contributed by atoms with Crippen molar-refractivity contribution < 1.29 is 30.6 Å². The Kier molecular flexibility index (Phi) is 6.39. The minimum atomic E-state index is -0.331. The van der Waals surface area contributed by atoms with E-state index >= 15 is 0 Å². The second-order valence-electron chi connectivity index (χ2n) is 6.19. The molecule has 0 aliphatic rings. The van der Waals surface area contributed by atoms with Gasteiger partial charge >= 0.3 is 0 Å². The van der Waals surface area contributed by atoms with E-state index in [9.17, 15) is 30.6 Å². The van der Waals surface area contributed by atoms with Crippen molar-refractivity contribution in [1.82, 2.24) is 0 Å². The molecule has 2 aromatic rings. The molecule has 0 aliphatic heterocycles. The molecule has 2 aromatic carbocycles. The van der Waals surface area contributed by atoms with Gasteiger partial charge in [0.05, 0.1) is 26.4 Å². The fourth-order valence-electron chi connectivity index (χ4n) is 2.98. The molecule has 1 atom stereocenters. The first-order valence-corrected chi connectivity index (χ1v) is 8.06. The second-order valence-corrected chi connectivity index (χ2v) is 6.19. The number of rotatable bonds is 7. The summed E-state index contributed by atoms with van der Waals surface area (Å²) in [5, 5.41) is 57.3. The molecule has 136 valence electrons. The van der Waals surface area contributed by atoms with E-state index in [0.717, 1.165) is 11.1 Å². The Balaban J connectivity index is 2.35. The van der Waals surface area contributed by atoms with E-state index in [1.54, 1.807) is 24.3 Å². The minimum Gasteiger partial charge on any atom is -0.507 e. The van der Waals surface area contributed by atoms with E-state index in [2.05, 4.69) is 0 Å². The van der Waals surface area contributed by atoms with Gasteiger partial charge in [-0.2, -0.15) is 0 Å². The van der Waals surface area contributed by atoms with Crippen LogP contribution in [0.25, 0.3) is 0 Å². The molecule has 0 saturated carbocycles. The number of phenols is 2. The zero-order valence-electron chi connectivity index (χ0n) is 14.1. The van der Waals surface area contributed by atoms with Crippen LogP contribution in [-0.4, -0.2) is 30.6 Å². The molecule has 0 spiro atoms. The molecule has 25 heavy (non-hydrogen) atoms. The Morgan fingerprint density at radius 2 is 1.04 bits per heavy atom. The van der Waals surface area contributed by atoms with Gasteiger partial charge in [-0.3, -0.25) is 0 Å². The lowest BCUT2D eigenvalue weighted by molar-refractivity contribution is 0.262. The van der Waals surface area contributed by atoms with Crippen LogP contribution in [0.15, 0.2) is 24.3 Å². The second kappa shape index (κ2) is 8.31. The Hall–Kier alpha value is -2.12. The molecule has 0 fully saturated rings. The molecular formula is C19H24O6. The SMILES string of the molecule is CC(Cc1cc(CO)c(O)c(CO)c1)c1cc(CO)c(O)c(CO)c1. The average Bonchev–Trinajstić information content (AvgIpc) is 2.62. The van der Waals surface area contributed by atoms with Crippen molar-refractivity contribution >= 4 is 0 Å². The molecule has 0 heterocycles. The van der Waals surface area contributed by atoms with Crippen LogP contribution in [0.3, 0.4) is 0 Å². The third-order valence-electron chi connectivity index (χ3n) is 4.41. The lowest BCUT2D eigenvalue weighted by Gasteiger charge is -2.17. The zero-order valence-corrected chi connectivity index (χ0v) is 14.1. The summed E-state index contributed by atoms with van der Waals surface area (Å²) in [6.07, 6.45) is 0.556. The van der Waals surface area contributed by atoms with Crippen LogP contribution < -0.4 is 0 Å². The lowest BCUT2D eigenvalue weighted by atomic mass is 9.89. The Bertz CT molecular complexity index is 691. The van der Waals surface area contributed by atoms with Crippen molar-refractivity contribution in [2.24, 2.45) is 0 Å². The van der Waals surface area contributed by atoms with Gasteiger partial charge in [-0.15, -0.1) is 0 Å². The van der Waals surface area contributed by atoms with E-state index < -0.39 is 0 Å². The average molecular weight is 348 g/mol. The number of hydrogen-bond acceptors (Lipinski definition) is 6. The summed E-state index contributed by atoms with van der Waals surface area (Å²) in [6, 6.07) is 6.76. The van der Waals surface area contributed by atoms with Crippen molar-refractivity contribution in [2.45, 2.75) is 45.7 Å². The molecule has 0 radical (unpaired) electrons. The quantitative estimate of drug-likeness (QED) is 0.450. The molecule has 0 aliphatic carbocycles. The van der Waals surface area contributed by atoms with E-state index in [0.29, 0.717) is 28.7 Å². The van der Waals surface area contributed by atoms with Gasteiger partial charge in [0, 0.05) is 22.3 Å². The maximum Gasteiger partial charge on any atom is 0.126 e. The summed E-state index contributed by atoms with van der Waals surface area (Å²) < 4.78 is 0. The molecule has 6 heteroatoms. The van der Waals surface area contributed by atoms with E-state index in [1.165, 1.54) is 0 Å². The molecule has 0 bridgehead atoms. The van der Waals surface area contributed by atoms with Crippen LogP contribution in [0.5, 0.6) is 11.5 Å². The van der Waals surface area contributed by atoms with Crippen LogP contribution in [0.1, 0.15) is 46.2 Å². The zero-order chi connectivity index (χ0) is 18.6. The third-order valence-corrected chi connectivity index (χ3v) is 4.41. The first kappa shape index (κ1) is 19.2. The van der Waals surface area contributed by atoms with Crippen LogP contribution in [0, 0.1) is 0 Å². The molecule has 6 nitrogen and oxygen atoms in total. The van der Waals surface area contributed by atoms with Gasteiger partial charge in [0.15, 0.2) is 0 Å². The number of aliphatic hydroxyl groups is 4. The summed E-state index contributed by atoms with van der Waals surface area (Å²) in [5.41, 5.74) is 3.09. The number of aliphatic hydroxyl groups excluding tert-OH is 4. The Labute approximate surface area is 146 Å². The predicted molar refractivity (Wildman–Crippen MR) is 92.0 cm³/mol. The highest BCUT2D eigenvalue weighted by atomic mass is 16.3. The van der Waals surface area contributed by atoms with Crippen molar-refractivity contribution in [2.75, 3.05) is 0 Å². The van der Waals surface area contributed by atoms with Crippen molar-refractivity contribution in [1.29, 1.82) is 0 Å². The van der Waals surface area contributed by atoms with Crippen molar-refractivity contribution in [3.8, 4) is 11.5 Å². The fraction of sp³-hybridized carbons (Fsp3) is 0.368. The predicted octanol–water partition coefficient (Wildman–Crippen LogP) is 1.41. The highest BCUT2D eigenvalue weighted by molar-refractivity contribution is 5.46. The number of hydrogen-bond donors (Lipinski definition) is 6. The van der Waals surface area contributed by atoms with Crippen LogP contribution in [0.2, 0.25) is 0 Å². The monoisotopic (exact) mass is 348 g/mol. The van der Waals surface area contributed by atoms with Crippen LogP contribution in [0.4, 0.5) is 0 Å². The van der Waals surface area contributed by atoms with E-state index in [4.69, 9.17) is 0 Å². The normalized spacial score (nSPS) is 12.4. The summed E-state index contributed by atoms with van der Waals surface area (Å²) in [7, 11) is 0. The van der Waals surface area contributed by atoms with Gasteiger partial charge in [-0.1, -0.05) is 6.92 Å². The fourth-order valence-corrected chi connectivity index (χ4v) is 2.98. The first-order valence-electron chi connectivity index (χ1n) is 8.06. The molecule has 6 N–H and O–H groups in total. The molecule has 2 rings (SSSR count). The van der Waals surface area contributed by atoms with E-state index in [-0.39, 0.29) is 43.8 Å². The Morgan fingerprint density at radius 1 is 0.680 bits per heavy atom. The van der Waals surface area contributed by atoms with Gasteiger partial charge in [0.25, 0.3) is 0 Å².